The van der Waals surface area contributed by atoms with Crippen LogP contribution in [0.3, 0.4) is 0 Å². The largest absolute Gasteiger partial charge is 0.369 e. The minimum atomic E-state index is -0.212. The number of nitrogens with two attached hydrogens (primary N) is 1. The van der Waals surface area contributed by atoms with Crippen molar-refractivity contribution in [3.63, 3.8) is 0 Å². The van der Waals surface area contributed by atoms with Gasteiger partial charge in [-0.2, -0.15) is 0 Å². The Kier molecular flexibility index (Phi) is 3.31. The Morgan fingerprint density at radius 2 is 2.24 bits per heavy atom. The van der Waals surface area contributed by atoms with Crippen LogP contribution in [-0.2, 0) is 6.42 Å². The van der Waals surface area contributed by atoms with Crippen molar-refractivity contribution in [2.24, 2.45) is 0 Å². The maximum absolute atomic E-state index is 11.8. The van der Waals surface area contributed by atoms with E-state index in [1.165, 1.54) is 17.6 Å². The van der Waals surface area contributed by atoms with Crippen LogP contribution in [0.2, 0.25) is 0 Å². The number of anilines is 1. The molecule has 2 heterocycles. The second-order valence-electron chi connectivity index (χ2n) is 4.91. The number of nitrogens with zero attached hydrogens (tertiary/aromatic N) is 1. The monoisotopic (exact) mass is 298 g/mol. The van der Waals surface area contributed by atoms with E-state index in [1.54, 1.807) is 0 Å². The lowest BCUT2D eigenvalue weighted by molar-refractivity contribution is 1.19. The molecule has 0 saturated carbocycles. The van der Waals surface area contributed by atoms with Crippen LogP contribution in [0.15, 0.2) is 29.1 Å². The molecule has 0 aliphatic rings. The average Bonchev–Trinajstić information content (AvgIpc) is 2.83. The van der Waals surface area contributed by atoms with Crippen LogP contribution in [0.25, 0.3) is 10.2 Å². The number of aromatic nitrogens is 2. The predicted molar refractivity (Wildman–Crippen MR) is 86.5 cm³/mol. The van der Waals surface area contributed by atoms with Gasteiger partial charge in [-0.05, 0) is 24.1 Å². The van der Waals surface area contributed by atoms with Crippen LogP contribution in [0.1, 0.15) is 21.6 Å². The summed E-state index contributed by atoms with van der Waals surface area (Å²) < 4.78 is 0. The molecule has 21 heavy (non-hydrogen) atoms. The van der Waals surface area contributed by atoms with E-state index in [1.807, 2.05) is 31.2 Å². The summed E-state index contributed by atoms with van der Waals surface area (Å²) in [6.07, 6.45) is 2.03. The van der Waals surface area contributed by atoms with Gasteiger partial charge in [-0.1, -0.05) is 23.8 Å². The van der Waals surface area contributed by atoms with Crippen LogP contribution >= 0.6 is 11.3 Å². The van der Waals surface area contributed by atoms with Crippen LogP contribution < -0.4 is 11.3 Å². The van der Waals surface area contributed by atoms with Gasteiger partial charge in [-0.15, -0.1) is 11.3 Å². The molecule has 0 aliphatic heterocycles. The number of hydrogen-bond acceptors (Lipinski definition) is 5. The number of nitrogen functional groups attached to an aromatic ring is 1. The highest BCUT2D eigenvalue weighted by molar-refractivity contribution is 7.18. The zero-order chi connectivity index (χ0) is 15.0. The van der Waals surface area contributed by atoms with Crippen LogP contribution in [0.5, 0.6) is 0 Å². The normalized spacial score (nSPS) is 10.9. The molecule has 0 radical (unpaired) electrons. The Morgan fingerprint density at radius 3 is 3.00 bits per heavy atom. The van der Waals surface area contributed by atoms with Crippen molar-refractivity contribution in [2.75, 3.05) is 5.73 Å². The first-order valence-corrected chi connectivity index (χ1v) is 7.26. The van der Waals surface area contributed by atoms with Gasteiger partial charge in [0.2, 0.25) is 5.95 Å². The predicted octanol–water partition coefficient (Wildman–Crippen LogP) is 2.46. The van der Waals surface area contributed by atoms with E-state index in [9.17, 15) is 4.79 Å². The van der Waals surface area contributed by atoms with Crippen molar-refractivity contribution >= 4 is 33.7 Å². The van der Waals surface area contributed by atoms with Gasteiger partial charge in [-0.25, -0.2) is 4.98 Å². The summed E-state index contributed by atoms with van der Waals surface area (Å²) in [7, 11) is 0. The number of H-pyrrole nitrogens is 1. The van der Waals surface area contributed by atoms with Gasteiger partial charge in [0.05, 0.1) is 5.39 Å². The van der Waals surface area contributed by atoms with Gasteiger partial charge < -0.3 is 11.1 Å². The summed E-state index contributed by atoms with van der Waals surface area (Å²) in [6.45, 7) is 2.00. The Balaban J connectivity index is 2.04. The van der Waals surface area contributed by atoms with E-state index < -0.39 is 0 Å². The summed E-state index contributed by atoms with van der Waals surface area (Å²) in [5.41, 5.74) is 8.43. The average molecular weight is 298 g/mol. The van der Waals surface area contributed by atoms with Crippen molar-refractivity contribution in [2.45, 2.75) is 13.3 Å². The Bertz CT molecular complexity index is 894. The molecule has 4 N–H and O–H groups in total. The van der Waals surface area contributed by atoms with Crippen molar-refractivity contribution in [1.29, 1.82) is 5.41 Å². The topological polar surface area (TPSA) is 95.6 Å². The minimum Gasteiger partial charge on any atom is -0.369 e. The molecule has 0 atom stereocenters. The van der Waals surface area contributed by atoms with Crippen LogP contribution in [0.4, 0.5) is 5.95 Å². The third-order valence-electron chi connectivity index (χ3n) is 3.29. The third-order valence-corrected chi connectivity index (χ3v) is 4.32. The highest BCUT2D eigenvalue weighted by Gasteiger charge is 2.10. The van der Waals surface area contributed by atoms with E-state index >= 15 is 0 Å². The van der Waals surface area contributed by atoms with Crippen molar-refractivity contribution in [3.05, 3.63) is 56.2 Å². The fourth-order valence-corrected chi connectivity index (χ4v) is 3.34. The third kappa shape index (κ3) is 2.57. The lowest BCUT2D eigenvalue weighted by Gasteiger charge is -2.05. The number of aromatic amines is 1. The molecule has 0 saturated heterocycles. The molecule has 5 nitrogen and oxygen atoms in total. The van der Waals surface area contributed by atoms with Gasteiger partial charge >= 0.3 is 0 Å². The summed E-state index contributed by atoms with van der Waals surface area (Å²) >= 11 is 1.46. The molecule has 106 valence electrons. The SMILES string of the molecule is Cc1ccc(Cc2cc3c(=O)[nH]c(N)nc3s2)c(C=N)c1. The zero-order valence-corrected chi connectivity index (χ0v) is 12.3. The van der Waals surface area contributed by atoms with Crippen molar-refractivity contribution in [1.82, 2.24) is 9.97 Å². The van der Waals surface area contributed by atoms with E-state index in [2.05, 4.69) is 9.97 Å². The minimum absolute atomic E-state index is 0.136. The highest BCUT2D eigenvalue weighted by Crippen LogP contribution is 2.25. The van der Waals surface area contributed by atoms with E-state index in [0.29, 0.717) is 16.6 Å². The second kappa shape index (κ2) is 5.14. The molecule has 3 aromatic rings. The number of aryl methyl sites for hydroxylation is 1. The first-order valence-electron chi connectivity index (χ1n) is 6.45. The smallest absolute Gasteiger partial charge is 0.261 e. The standard InChI is InChI=1S/C15H14N4OS/c1-8-2-3-9(10(4-8)7-16)5-11-6-12-13(20)18-15(17)19-14(12)21-11/h2-4,6-7,16H,5H2,1H3,(H3,17,18,19,20). The maximum Gasteiger partial charge on any atom is 0.261 e. The van der Waals surface area contributed by atoms with Crippen LogP contribution in [-0.4, -0.2) is 16.2 Å². The zero-order valence-electron chi connectivity index (χ0n) is 11.4. The fraction of sp³-hybridized carbons (Fsp3) is 0.133. The first kappa shape index (κ1) is 13.5. The molecule has 0 spiro atoms. The molecular formula is C15H14N4OS. The number of rotatable bonds is 3. The summed E-state index contributed by atoms with van der Waals surface area (Å²) in [6, 6.07) is 7.88. The molecule has 6 heteroatoms. The number of fused-ring (bicyclic) bond motifs is 1. The summed E-state index contributed by atoms with van der Waals surface area (Å²) in [4.78, 5) is 20.2. The number of hydrogen-bond donors (Lipinski definition) is 3. The molecule has 0 fully saturated rings. The first-order chi connectivity index (χ1) is 10.1. The molecule has 0 unspecified atom stereocenters. The van der Waals surface area contributed by atoms with Gasteiger partial charge in [0.25, 0.3) is 5.56 Å². The molecule has 3 rings (SSSR count). The molecule has 0 aliphatic carbocycles. The van der Waals surface area contributed by atoms with E-state index in [4.69, 9.17) is 11.1 Å². The summed E-state index contributed by atoms with van der Waals surface area (Å²) in [5.74, 6) is 0.136. The van der Waals surface area contributed by atoms with Gasteiger partial charge in [0.1, 0.15) is 4.83 Å². The molecule has 1 aromatic carbocycles. The highest BCUT2D eigenvalue weighted by atomic mass is 32.1. The molecular weight excluding hydrogens is 284 g/mol. The fourth-order valence-electron chi connectivity index (χ4n) is 2.28. The van der Waals surface area contributed by atoms with Gasteiger partial charge in [-0.3, -0.25) is 9.78 Å². The lowest BCUT2D eigenvalue weighted by Crippen LogP contribution is -2.09. The molecule has 0 bridgehead atoms. The van der Waals surface area contributed by atoms with Crippen molar-refractivity contribution in [3.8, 4) is 0 Å². The Hall–Kier alpha value is -2.47. The van der Waals surface area contributed by atoms with E-state index in [-0.39, 0.29) is 11.5 Å². The maximum atomic E-state index is 11.8. The number of thiophene rings is 1. The van der Waals surface area contributed by atoms with Gasteiger partial charge in [0, 0.05) is 17.5 Å². The quantitative estimate of drug-likeness (QED) is 0.648. The number of benzene rings is 1. The lowest BCUT2D eigenvalue weighted by atomic mass is 10.0. The summed E-state index contributed by atoms with van der Waals surface area (Å²) in [5, 5.41) is 8.07. The number of nitrogens with one attached hydrogen (secondary N) is 2. The molecule has 2 aromatic heterocycles. The Morgan fingerprint density at radius 1 is 1.43 bits per heavy atom. The second-order valence-corrected chi connectivity index (χ2v) is 6.02. The van der Waals surface area contributed by atoms with Crippen molar-refractivity contribution < 1.29 is 0 Å². The molecule has 0 amide bonds. The van der Waals surface area contributed by atoms with E-state index in [0.717, 1.165) is 21.6 Å². The Labute approximate surface area is 125 Å². The van der Waals surface area contributed by atoms with Gasteiger partial charge in [0.15, 0.2) is 0 Å². The van der Waals surface area contributed by atoms with Crippen LogP contribution in [0, 0.1) is 12.3 Å².